The Balaban J connectivity index is 1.25. The number of halogens is 1. The quantitative estimate of drug-likeness (QED) is 0.601. The molecule has 0 saturated carbocycles. The molecule has 0 bridgehead atoms. The van der Waals surface area contributed by atoms with Crippen molar-refractivity contribution in [1.82, 2.24) is 14.8 Å². The molecule has 1 fully saturated rings. The fourth-order valence-electron chi connectivity index (χ4n) is 5.08. The van der Waals surface area contributed by atoms with Crippen molar-refractivity contribution in [2.75, 3.05) is 26.2 Å². The summed E-state index contributed by atoms with van der Waals surface area (Å²) in [6, 6.07) is 18.1. The Kier molecular flexibility index (Phi) is 7.06. The van der Waals surface area contributed by atoms with Crippen molar-refractivity contribution in [3.63, 3.8) is 0 Å². The first-order chi connectivity index (χ1) is 17.1. The molecule has 1 saturated heterocycles. The Bertz CT molecular complexity index is 1150. The van der Waals surface area contributed by atoms with Gasteiger partial charge < -0.3 is 14.7 Å². The van der Waals surface area contributed by atoms with E-state index in [1.54, 1.807) is 30.6 Å². The van der Waals surface area contributed by atoms with Crippen molar-refractivity contribution in [3.8, 4) is 5.75 Å². The zero-order valence-corrected chi connectivity index (χ0v) is 19.6. The van der Waals surface area contributed by atoms with Gasteiger partial charge in [0.1, 0.15) is 17.7 Å². The van der Waals surface area contributed by atoms with E-state index in [-0.39, 0.29) is 24.2 Å². The van der Waals surface area contributed by atoms with E-state index in [4.69, 9.17) is 4.74 Å². The van der Waals surface area contributed by atoms with Crippen LogP contribution in [-0.2, 0) is 11.3 Å². The number of rotatable bonds is 5. The molecule has 3 heterocycles. The first-order valence-corrected chi connectivity index (χ1v) is 12.2. The maximum Gasteiger partial charge on any atom is 0.236 e. The Hall–Kier alpha value is -3.29. The highest BCUT2D eigenvalue weighted by Gasteiger charge is 2.31. The number of carbonyl (C=O) groups excluding carboxylic acids is 1. The Morgan fingerprint density at radius 1 is 1.09 bits per heavy atom. The van der Waals surface area contributed by atoms with Gasteiger partial charge in [0.2, 0.25) is 5.91 Å². The number of fused-ring (bicyclic) bond motifs is 1. The second-order valence-corrected chi connectivity index (χ2v) is 9.35. The van der Waals surface area contributed by atoms with Crippen LogP contribution in [0, 0.1) is 11.7 Å². The summed E-state index contributed by atoms with van der Waals surface area (Å²) in [7, 11) is 0. The van der Waals surface area contributed by atoms with Crippen LogP contribution in [-0.4, -0.2) is 52.0 Å². The third kappa shape index (κ3) is 5.36. The third-order valence-electron chi connectivity index (χ3n) is 7.04. The van der Waals surface area contributed by atoms with Gasteiger partial charge >= 0.3 is 0 Å². The molecule has 0 aliphatic carbocycles. The molecule has 1 N–H and O–H groups in total. The molecule has 1 aromatic heterocycles. The van der Waals surface area contributed by atoms with Crippen LogP contribution in [0.2, 0.25) is 0 Å². The van der Waals surface area contributed by atoms with Crippen molar-refractivity contribution in [2.24, 2.45) is 5.92 Å². The lowest BCUT2D eigenvalue weighted by molar-refractivity contribution is -0.134. The number of amides is 1. The summed E-state index contributed by atoms with van der Waals surface area (Å²) >= 11 is 0. The lowest BCUT2D eigenvalue weighted by atomic mass is 9.88. The molecular weight excluding hydrogens is 445 g/mol. The maximum atomic E-state index is 14.6. The molecule has 5 rings (SSSR count). The van der Waals surface area contributed by atoms with Gasteiger partial charge in [-0.05, 0) is 42.5 Å². The van der Waals surface area contributed by atoms with Crippen molar-refractivity contribution >= 4 is 5.91 Å². The van der Waals surface area contributed by atoms with Gasteiger partial charge in [-0.25, -0.2) is 4.39 Å². The first-order valence-electron chi connectivity index (χ1n) is 12.2. The van der Waals surface area contributed by atoms with E-state index < -0.39 is 12.2 Å². The van der Waals surface area contributed by atoms with Crippen molar-refractivity contribution < 1.29 is 19.0 Å². The van der Waals surface area contributed by atoms with Crippen LogP contribution in [0.25, 0.3) is 0 Å². The molecule has 3 aromatic rings. The summed E-state index contributed by atoms with van der Waals surface area (Å²) < 4.78 is 20.8. The summed E-state index contributed by atoms with van der Waals surface area (Å²) in [5.74, 6) is 0.566. The molecule has 0 unspecified atom stereocenters. The number of benzene rings is 2. The second-order valence-electron chi connectivity index (χ2n) is 9.35. The molecule has 182 valence electrons. The van der Waals surface area contributed by atoms with Crippen LogP contribution in [0.5, 0.6) is 5.75 Å². The van der Waals surface area contributed by atoms with E-state index in [1.807, 2.05) is 46.2 Å². The zero-order valence-electron chi connectivity index (χ0n) is 19.6. The number of piperidine rings is 1. The highest BCUT2D eigenvalue weighted by Crippen LogP contribution is 2.33. The van der Waals surface area contributed by atoms with Crippen LogP contribution < -0.4 is 4.74 Å². The highest BCUT2D eigenvalue weighted by atomic mass is 19.1. The van der Waals surface area contributed by atoms with E-state index in [1.165, 1.54) is 6.07 Å². The largest absolute Gasteiger partial charge is 0.484 e. The standard InChI is InChI=1S/C28H30FN3O3/c29-24-9-3-2-8-23(24)26-18-31(17-22-6-1-4-10-25(22)35-26)19-27(33)32-14-11-20(12-15-32)28(34)21-7-5-13-30-16-21/h1-10,13,16,20,26,28,34H,11-12,14-15,17-19H2/t26-,28+/m0/s1. The molecular formula is C28H30FN3O3. The molecule has 6 nitrogen and oxygen atoms in total. The predicted molar refractivity (Wildman–Crippen MR) is 130 cm³/mol. The number of aromatic nitrogens is 1. The molecule has 0 radical (unpaired) electrons. The smallest absolute Gasteiger partial charge is 0.236 e. The van der Waals surface area contributed by atoms with Gasteiger partial charge in [0, 0.05) is 49.7 Å². The highest BCUT2D eigenvalue weighted by molar-refractivity contribution is 5.78. The predicted octanol–water partition coefficient (Wildman–Crippen LogP) is 4.13. The number of hydrogen-bond donors (Lipinski definition) is 1. The minimum Gasteiger partial charge on any atom is -0.484 e. The number of nitrogens with zero attached hydrogens (tertiary/aromatic N) is 3. The number of para-hydroxylation sites is 1. The van der Waals surface area contributed by atoms with Gasteiger partial charge in [0.05, 0.1) is 12.6 Å². The van der Waals surface area contributed by atoms with Crippen LogP contribution in [0.4, 0.5) is 4.39 Å². The Morgan fingerprint density at radius 2 is 1.86 bits per heavy atom. The lowest BCUT2D eigenvalue weighted by Gasteiger charge is -2.35. The fourth-order valence-corrected chi connectivity index (χ4v) is 5.08. The second kappa shape index (κ2) is 10.5. The van der Waals surface area contributed by atoms with E-state index in [9.17, 15) is 14.3 Å². The maximum absolute atomic E-state index is 14.6. The Morgan fingerprint density at radius 3 is 2.63 bits per heavy atom. The van der Waals surface area contributed by atoms with Gasteiger partial charge in [-0.1, -0.05) is 42.5 Å². The van der Waals surface area contributed by atoms with E-state index in [2.05, 4.69) is 4.98 Å². The summed E-state index contributed by atoms with van der Waals surface area (Å²) in [6.45, 7) is 2.43. The Labute approximate surface area is 205 Å². The molecule has 2 aliphatic rings. The van der Waals surface area contributed by atoms with Crippen molar-refractivity contribution in [1.29, 1.82) is 0 Å². The number of pyridine rings is 1. The number of ether oxygens (including phenoxy) is 1. The lowest BCUT2D eigenvalue weighted by Crippen LogP contribution is -2.45. The topological polar surface area (TPSA) is 65.9 Å². The van der Waals surface area contributed by atoms with Gasteiger partial charge in [-0.15, -0.1) is 0 Å². The SMILES string of the molecule is O=C(CN1Cc2ccccc2O[C@H](c2ccccc2F)C1)N1CCC([C@@H](O)c2cccnc2)CC1. The van der Waals surface area contributed by atoms with E-state index in [0.717, 1.165) is 29.7 Å². The summed E-state index contributed by atoms with van der Waals surface area (Å²) in [4.78, 5) is 21.3. The van der Waals surface area contributed by atoms with E-state index >= 15 is 0 Å². The fraction of sp³-hybridized carbons (Fsp3) is 0.357. The minimum atomic E-state index is -0.568. The van der Waals surface area contributed by atoms with Crippen LogP contribution in [0.3, 0.4) is 0 Å². The molecule has 2 atom stereocenters. The molecule has 1 amide bonds. The number of aliphatic hydroxyl groups excluding tert-OH is 1. The van der Waals surface area contributed by atoms with Gasteiger partial charge in [0.25, 0.3) is 0 Å². The van der Waals surface area contributed by atoms with Gasteiger partial charge in [0.15, 0.2) is 0 Å². The molecule has 0 spiro atoms. The molecule has 7 heteroatoms. The summed E-state index contributed by atoms with van der Waals surface area (Å²) in [5, 5.41) is 10.7. The van der Waals surface area contributed by atoms with Gasteiger partial charge in [-0.3, -0.25) is 14.7 Å². The number of likely N-dealkylation sites (tertiary alicyclic amines) is 1. The van der Waals surface area contributed by atoms with Crippen molar-refractivity contribution in [3.05, 3.63) is 95.6 Å². The number of aliphatic hydroxyl groups is 1. The third-order valence-corrected chi connectivity index (χ3v) is 7.04. The minimum absolute atomic E-state index is 0.0472. The van der Waals surface area contributed by atoms with Crippen LogP contribution in [0.1, 0.15) is 41.7 Å². The summed E-state index contributed by atoms with van der Waals surface area (Å²) in [6.07, 6.45) is 3.81. The molecule has 2 aromatic carbocycles. The normalized spacial score (nSPS) is 19.9. The van der Waals surface area contributed by atoms with Crippen LogP contribution in [0.15, 0.2) is 73.1 Å². The summed E-state index contributed by atoms with van der Waals surface area (Å²) in [5.41, 5.74) is 2.30. The van der Waals surface area contributed by atoms with Gasteiger partial charge in [-0.2, -0.15) is 0 Å². The van der Waals surface area contributed by atoms with Crippen molar-refractivity contribution in [2.45, 2.75) is 31.6 Å². The average molecular weight is 476 g/mol. The molecule has 2 aliphatic heterocycles. The average Bonchev–Trinajstić information content (AvgIpc) is 3.08. The zero-order chi connectivity index (χ0) is 24.2. The number of hydrogen-bond acceptors (Lipinski definition) is 5. The van der Waals surface area contributed by atoms with Crippen LogP contribution >= 0.6 is 0 Å². The molecule has 35 heavy (non-hydrogen) atoms. The van der Waals surface area contributed by atoms with E-state index in [0.29, 0.717) is 31.7 Å². The first kappa shape index (κ1) is 23.5. The number of carbonyl (C=O) groups is 1. The monoisotopic (exact) mass is 475 g/mol.